The number of Topliss-reactive ketones (excluding diaryl/α,β-unsaturated/α-hetero) is 1. The quantitative estimate of drug-likeness (QED) is 0.160. The van der Waals surface area contributed by atoms with Gasteiger partial charge in [0.15, 0.2) is 5.78 Å². The van der Waals surface area contributed by atoms with Gasteiger partial charge in [0, 0.05) is 44.0 Å². The summed E-state index contributed by atoms with van der Waals surface area (Å²) in [7, 11) is 0. The molecule has 0 amide bonds. The molecule has 8 heteroatoms. The van der Waals surface area contributed by atoms with Crippen molar-refractivity contribution >= 4 is 47.1 Å². The Morgan fingerprint density at radius 1 is 0.778 bits per heavy atom. The summed E-state index contributed by atoms with van der Waals surface area (Å²) < 4.78 is 6.11. The molecule has 0 saturated carbocycles. The maximum Gasteiger partial charge on any atom is 0.159 e. The van der Waals surface area contributed by atoms with Crippen LogP contribution < -0.4 is 9.64 Å². The molecule has 0 unspecified atom stereocenters. The van der Waals surface area contributed by atoms with Crippen molar-refractivity contribution in [1.29, 1.82) is 0 Å². The van der Waals surface area contributed by atoms with Gasteiger partial charge in [-0.15, -0.1) is 24.8 Å². The lowest BCUT2D eigenvalue weighted by molar-refractivity contribution is 0.101. The van der Waals surface area contributed by atoms with Crippen LogP contribution in [0.2, 0.25) is 0 Å². The molecule has 5 aromatic carbocycles. The highest BCUT2D eigenvalue weighted by atomic mass is 35.5. The van der Waals surface area contributed by atoms with Crippen molar-refractivity contribution in [2.24, 2.45) is 0 Å². The summed E-state index contributed by atoms with van der Waals surface area (Å²) in [6, 6.07) is 33.1. The normalized spacial score (nSPS) is 13.1. The first-order chi connectivity index (χ1) is 20.9. The minimum atomic E-state index is 0. The lowest BCUT2D eigenvalue weighted by atomic mass is 9.90. The Balaban J connectivity index is 0.00000230. The van der Waals surface area contributed by atoms with E-state index in [0.717, 1.165) is 83.6 Å². The number of ketones is 1. The number of carbonyl (C=O) groups excluding carboxylic acids is 1. The monoisotopic (exact) mass is 644 g/mol. The summed E-state index contributed by atoms with van der Waals surface area (Å²) in [6.45, 7) is 6.86. The fourth-order valence-corrected chi connectivity index (χ4v) is 5.84. The second-order valence-electron chi connectivity index (χ2n) is 11.1. The molecule has 6 rings (SSSR count). The van der Waals surface area contributed by atoms with Gasteiger partial charge in [0.1, 0.15) is 23.9 Å². The number of benzene rings is 5. The van der Waals surface area contributed by atoms with Crippen LogP contribution >= 0.6 is 24.8 Å². The smallest absolute Gasteiger partial charge is 0.159 e. The molecule has 1 aliphatic rings. The molecule has 6 nitrogen and oxygen atoms in total. The Hall–Kier alpha value is -4.23. The summed E-state index contributed by atoms with van der Waals surface area (Å²) in [5.74, 6) is 1.44. The minimum absolute atomic E-state index is 0. The number of fused-ring (bicyclic) bond motifs is 1. The molecule has 45 heavy (non-hydrogen) atoms. The van der Waals surface area contributed by atoms with Gasteiger partial charge in [0.2, 0.25) is 0 Å². The van der Waals surface area contributed by atoms with Crippen LogP contribution in [0.15, 0.2) is 103 Å². The van der Waals surface area contributed by atoms with Gasteiger partial charge in [-0.05, 0) is 94.9 Å². The predicted molar refractivity (Wildman–Crippen MR) is 187 cm³/mol. The van der Waals surface area contributed by atoms with Gasteiger partial charge in [-0.3, -0.25) is 9.69 Å². The van der Waals surface area contributed by atoms with Crippen LogP contribution in [0.3, 0.4) is 0 Å². The lowest BCUT2D eigenvalue weighted by Crippen LogP contribution is -2.47. The molecule has 2 N–H and O–H groups in total. The Labute approximate surface area is 276 Å². The molecular formula is C37H38Cl2N2O4. The van der Waals surface area contributed by atoms with Crippen molar-refractivity contribution in [2.45, 2.75) is 13.3 Å². The van der Waals surface area contributed by atoms with Crippen LogP contribution in [0, 0.1) is 0 Å². The first-order valence-electron chi connectivity index (χ1n) is 14.8. The number of rotatable bonds is 9. The maximum atomic E-state index is 11.7. The summed E-state index contributed by atoms with van der Waals surface area (Å²) in [4.78, 5) is 16.5. The van der Waals surface area contributed by atoms with Crippen molar-refractivity contribution in [3.8, 4) is 28.4 Å². The van der Waals surface area contributed by atoms with Crippen molar-refractivity contribution < 1.29 is 19.7 Å². The number of phenols is 2. The Kier molecular flexibility index (Phi) is 11.3. The number of halogens is 2. The largest absolute Gasteiger partial charge is 0.508 e. The fourth-order valence-electron chi connectivity index (χ4n) is 5.84. The summed E-state index contributed by atoms with van der Waals surface area (Å²) >= 11 is 0. The molecule has 0 aliphatic carbocycles. The fraction of sp³-hybridized carbons (Fsp3) is 0.216. The first kappa shape index (κ1) is 33.7. The highest BCUT2D eigenvalue weighted by Crippen LogP contribution is 2.34. The number of hydrogen-bond donors (Lipinski definition) is 2. The molecule has 0 atom stereocenters. The van der Waals surface area contributed by atoms with Crippen molar-refractivity contribution in [3.05, 3.63) is 120 Å². The molecule has 0 spiro atoms. The van der Waals surface area contributed by atoms with Crippen molar-refractivity contribution in [2.75, 3.05) is 44.2 Å². The molecule has 5 aromatic rings. The summed E-state index contributed by atoms with van der Waals surface area (Å²) in [5.41, 5.74) is 6.34. The third kappa shape index (κ3) is 8.08. The SMILES string of the molecule is CC(=O)c1cccc(N2CCN(CCOc3ccc(Cc4c(-c5ccc(O)cc5)ccc5cc(O)ccc45)cc3)CC2)c1.Cl.Cl. The Bertz CT molecular complexity index is 1730. The average molecular weight is 646 g/mol. The van der Waals surface area contributed by atoms with E-state index in [4.69, 9.17) is 4.74 Å². The van der Waals surface area contributed by atoms with Gasteiger partial charge < -0.3 is 19.8 Å². The van der Waals surface area contributed by atoms with Crippen molar-refractivity contribution in [3.63, 3.8) is 0 Å². The van der Waals surface area contributed by atoms with E-state index in [2.05, 4.69) is 34.1 Å². The van der Waals surface area contributed by atoms with E-state index >= 15 is 0 Å². The van der Waals surface area contributed by atoms with Crippen LogP contribution in [-0.4, -0.2) is 60.2 Å². The molecular weight excluding hydrogens is 607 g/mol. The van der Waals surface area contributed by atoms with E-state index in [1.54, 1.807) is 31.2 Å². The number of carbonyl (C=O) groups is 1. The van der Waals surface area contributed by atoms with Crippen LogP contribution in [0.5, 0.6) is 17.2 Å². The van der Waals surface area contributed by atoms with Crippen LogP contribution in [0.4, 0.5) is 5.69 Å². The number of piperazine rings is 1. The van der Waals surface area contributed by atoms with E-state index in [1.807, 2.05) is 54.6 Å². The van der Waals surface area contributed by atoms with E-state index in [9.17, 15) is 15.0 Å². The second-order valence-corrected chi connectivity index (χ2v) is 11.1. The molecule has 1 aliphatic heterocycles. The van der Waals surface area contributed by atoms with Gasteiger partial charge >= 0.3 is 0 Å². The van der Waals surface area contributed by atoms with Gasteiger partial charge in [0.25, 0.3) is 0 Å². The molecule has 234 valence electrons. The number of hydrogen-bond acceptors (Lipinski definition) is 6. The number of anilines is 1. The Morgan fingerprint density at radius 2 is 1.49 bits per heavy atom. The zero-order chi connectivity index (χ0) is 29.8. The van der Waals surface area contributed by atoms with E-state index < -0.39 is 0 Å². The average Bonchev–Trinajstić information content (AvgIpc) is 3.03. The van der Waals surface area contributed by atoms with Crippen molar-refractivity contribution in [1.82, 2.24) is 4.90 Å². The van der Waals surface area contributed by atoms with Crippen LogP contribution in [0.1, 0.15) is 28.4 Å². The molecule has 0 aromatic heterocycles. The number of ether oxygens (including phenoxy) is 1. The van der Waals surface area contributed by atoms with Gasteiger partial charge in [0.05, 0.1) is 0 Å². The second kappa shape index (κ2) is 15.2. The van der Waals surface area contributed by atoms with E-state index in [-0.39, 0.29) is 42.1 Å². The maximum absolute atomic E-state index is 11.7. The highest BCUT2D eigenvalue weighted by molar-refractivity contribution is 5.95. The first-order valence-corrected chi connectivity index (χ1v) is 14.8. The molecule has 0 radical (unpaired) electrons. The molecule has 0 bridgehead atoms. The zero-order valence-electron chi connectivity index (χ0n) is 25.2. The standard InChI is InChI=1S/C37H36N2O4.2ClH/c1-26(40)29-3-2-4-31(24-29)39-19-17-38(18-20-39)21-22-43-34-13-5-27(6-14-34)23-37-35(28-7-10-32(41)11-8-28)15-9-30-25-33(42)12-16-36(30)37;;/h2-16,24-25,41-42H,17-23H2,1H3;2*1H. The molecule has 1 saturated heterocycles. The summed E-state index contributed by atoms with van der Waals surface area (Å²) in [6.07, 6.45) is 0.720. The third-order valence-electron chi connectivity index (χ3n) is 8.26. The Morgan fingerprint density at radius 3 is 2.20 bits per heavy atom. The van der Waals surface area contributed by atoms with Gasteiger partial charge in [-0.25, -0.2) is 0 Å². The molecule has 1 fully saturated rings. The number of nitrogens with zero attached hydrogens (tertiary/aromatic N) is 2. The summed E-state index contributed by atoms with van der Waals surface area (Å²) in [5, 5.41) is 21.9. The number of aromatic hydroxyl groups is 2. The lowest BCUT2D eigenvalue weighted by Gasteiger charge is -2.36. The van der Waals surface area contributed by atoms with Crippen LogP contribution in [0.25, 0.3) is 21.9 Å². The van der Waals surface area contributed by atoms with Gasteiger partial charge in [-0.1, -0.05) is 54.6 Å². The molecule has 1 heterocycles. The highest BCUT2D eigenvalue weighted by Gasteiger charge is 2.18. The predicted octanol–water partition coefficient (Wildman–Crippen LogP) is 7.76. The zero-order valence-corrected chi connectivity index (χ0v) is 26.8. The van der Waals surface area contributed by atoms with Gasteiger partial charge in [-0.2, -0.15) is 0 Å². The van der Waals surface area contributed by atoms with E-state index in [0.29, 0.717) is 6.61 Å². The number of phenolic OH excluding ortho intramolecular Hbond substituents is 2. The third-order valence-corrected chi connectivity index (χ3v) is 8.26. The minimum Gasteiger partial charge on any atom is -0.508 e. The van der Waals surface area contributed by atoms with Crippen LogP contribution in [-0.2, 0) is 6.42 Å². The topological polar surface area (TPSA) is 73.2 Å². The van der Waals surface area contributed by atoms with E-state index in [1.165, 1.54) is 5.56 Å².